The molecule has 0 aromatic heterocycles. The number of carbonyl (C=O) groups is 1. The number of halogens is 1. The molecule has 0 saturated heterocycles. The molecule has 0 saturated carbocycles. The van der Waals surface area contributed by atoms with E-state index < -0.39 is 0 Å². The minimum Gasteiger partial charge on any atom is -0.289 e. The number of benzene rings is 2. The van der Waals surface area contributed by atoms with Crippen LogP contribution >= 0.6 is 22.6 Å². The van der Waals surface area contributed by atoms with E-state index in [9.17, 15) is 4.79 Å². The minimum atomic E-state index is 0.0834. The van der Waals surface area contributed by atoms with E-state index in [1.54, 1.807) is 0 Å². The van der Waals surface area contributed by atoms with Crippen molar-refractivity contribution >= 4 is 28.4 Å². The summed E-state index contributed by atoms with van der Waals surface area (Å²) in [6.07, 6.45) is 0. The number of ketones is 1. The van der Waals surface area contributed by atoms with Crippen molar-refractivity contribution in [2.24, 2.45) is 0 Å². The van der Waals surface area contributed by atoms with E-state index in [0.717, 1.165) is 20.3 Å². The van der Waals surface area contributed by atoms with Gasteiger partial charge in [-0.3, -0.25) is 4.79 Å². The zero-order valence-electron chi connectivity index (χ0n) is 8.91. The van der Waals surface area contributed by atoms with Crippen LogP contribution in [0.25, 0.3) is 0 Å². The van der Waals surface area contributed by atoms with Crippen molar-refractivity contribution in [3.63, 3.8) is 0 Å². The van der Waals surface area contributed by atoms with Gasteiger partial charge in [0.25, 0.3) is 0 Å². The van der Waals surface area contributed by atoms with Gasteiger partial charge in [0.2, 0.25) is 0 Å². The van der Waals surface area contributed by atoms with Crippen molar-refractivity contribution in [3.8, 4) is 0 Å². The molecule has 0 atom stereocenters. The highest BCUT2D eigenvalue weighted by Crippen LogP contribution is 2.13. The Balaban J connectivity index is 2.35. The van der Waals surface area contributed by atoms with Crippen LogP contribution in [0, 0.1) is 10.5 Å². The average molecular weight is 322 g/mol. The molecule has 1 nitrogen and oxygen atoms in total. The normalized spacial score (nSPS) is 10.1. The fourth-order valence-corrected chi connectivity index (χ4v) is 1.91. The van der Waals surface area contributed by atoms with Crippen LogP contribution in [0.5, 0.6) is 0 Å². The maximum absolute atomic E-state index is 12.1. The molecule has 2 heteroatoms. The Kier molecular flexibility index (Phi) is 3.39. The topological polar surface area (TPSA) is 17.1 Å². The van der Waals surface area contributed by atoms with Crippen LogP contribution in [0.3, 0.4) is 0 Å². The Morgan fingerprint density at radius 2 is 1.69 bits per heavy atom. The summed E-state index contributed by atoms with van der Waals surface area (Å²) in [7, 11) is 0. The lowest BCUT2D eigenvalue weighted by Crippen LogP contribution is -2.01. The summed E-state index contributed by atoms with van der Waals surface area (Å²) >= 11 is 2.23. The van der Waals surface area contributed by atoms with Crippen LogP contribution in [0.4, 0.5) is 0 Å². The quantitative estimate of drug-likeness (QED) is 0.607. The molecule has 2 rings (SSSR count). The SMILES string of the molecule is Cc1cccc(C(=O)c2ccc(I)cc2)c1. The first-order valence-electron chi connectivity index (χ1n) is 5.04. The molecule has 0 radical (unpaired) electrons. The van der Waals surface area contributed by atoms with Crippen molar-refractivity contribution in [2.75, 3.05) is 0 Å². The van der Waals surface area contributed by atoms with Crippen molar-refractivity contribution in [2.45, 2.75) is 6.92 Å². The molecule has 0 unspecified atom stereocenters. The van der Waals surface area contributed by atoms with Crippen molar-refractivity contribution < 1.29 is 4.79 Å². The zero-order chi connectivity index (χ0) is 11.5. The van der Waals surface area contributed by atoms with E-state index in [1.807, 2.05) is 55.5 Å². The fourth-order valence-electron chi connectivity index (χ4n) is 1.55. The van der Waals surface area contributed by atoms with Gasteiger partial charge in [-0.1, -0.05) is 23.8 Å². The van der Waals surface area contributed by atoms with E-state index in [1.165, 1.54) is 0 Å². The van der Waals surface area contributed by atoms with Gasteiger partial charge in [0.1, 0.15) is 0 Å². The Hall–Kier alpha value is -1.16. The second-order valence-electron chi connectivity index (χ2n) is 3.71. The summed E-state index contributed by atoms with van der Waals surface area (Å²) in [5.74, 6) is 0.0834. The van der Waals surface area contributed by atoms with Crippen LogP contribution in [0.15, 0.2) is 48.5 Å². The van der Waals surface area contributed by atoms with Crippen molar-refractivity contribution in [1.29, 1.82) is 0 Å². The first-order valence-corrected chi connectivity index (χ1v) is 6.11. The van der Waals surface area contributed by atoms with E-state index in [4.69, 9.17) is 0 Å². The molecule has 0 bridgehead atoms. The van der Waals surface area contributed by atoms with Gasteiger partial charge in [-0.05, 0) is 59.8 Å². The number of rotatable bonds is 2. The van der Waals surface area contributed by atoms with Gasteiger partial charge >= 0.3 is 0 Å². The van der Waals surface area contributed by atoms with E-state index >= 15 is 0 Å². The maximum Gasteiger partial charge on any atom is 0.193 e. The molecule has 0 fully saturated rings. The lowest BCUT2D eigenvalue weighted by Gasteiger charge is -2.02. The van der Waals surface area contributed by atoms with Gasteiger partial charge in [-0.15, -0.1) is 0 Å². The van der Waals surface area contributed by atoms with Crippen molar-refractivity contribution in [1.82, 2.24) is 0 Å². The predicted octanol–water partition coefficient (Wildman–Crippen LogP) is 3.83. The van der Waals surface area contributed by atoms with Crippen LogP contribution in [0.2, 0.25) is 0 Å². The molecule has 2 aromatic rings. The summed E-state index contributed by atoms with van der Waals surface area (Å²) < 4.78 is 1.14. The summed E-state index contributed by atoms with van der Waals surface area (Å²) in [5.41, 5.74) is 2.60. The highest BCUT2D eigenvalue weighted by molar-refractivity contribution is 14.1. The lowest BCUT2D eigenvalue weighted by atomic mass is 10.0. The summed E-state index contributed by atoms with van der Waals surface area (Å²) in [4.78, 5) is 12.1. The highest BCUT2D eigenvalue weighted by Gasteiger charge is 2.08. The molecule has 2 aromatic carbocycles. The maximum atomic E-state index is 12.1. The Labute approximate surface area is 109 Å². The van der Waals surface area contributed by atoms with E-state index in [2.05, 4.69) is 22.6 Å². The number of carbonyl (C=O) groups excluding carboxylic acids is 1. The Bertz CT molecular complexity index is 515. The van der Waals surface area contributed by atoms with Crippen LogP contribution < -0.4 is 0 Å². The van der Waals surface area contributed by atoms with Gasteiger partial charge in [0, 0.05) is 14.7 Å². The van der Waals surface area contributed by atoms with Gasteiger partial charge < -0.3 is 0 Å². The van der Waals surface area contributed by atoms with Gasteiger partial charge in [-0.25, -0.2) is 0 Å². The largest absolute Gasteiger partial charge is 0.289 e. The van der Waals surface area contributed by atoms with Gasteiger partial charge in [-0.2, -0.15) is 0 Å². The fraction of sp³-hybridized carbons (Fsp3) is 0.0714. The lowest BCUT2D eigenvalue weighted by molar-refractivity contribution is 0.103. The summed E-state index contributed by atoms with van der Waals surface area (Å²) in [5, 5.41) is 0. The number of hydrogen-bond donors (Lipinski definition) is 0. The van der Waals surface area contributed by atoms with E-state index in [-0.39, 0.29) is 5.78 Å². The Morgan fingerprint density at radius 1 is 1.00 bits per heavy atom. The van der Waals surface area contributed by atoms with Crippen LogP contribution in [-0.2, 0) is 0 Å². The molecular formula is C14H11IO. The highest BCUT2D eigenvalue weighted by atomic mass is 127. The second kappa shape index (κ2) is 4.78. The van der Waals surface area contributed by atoms with Crippen molar-refractivity contribution in [3.05, 3.63) is 68.8 Å². The van der Waals surface area contributed by atoms with Crippen LogP contribution in [0.1, 0.15) is 21.5 Å². The molecule has 0 aliphatic rings. The smallest absolute Gasteiger partial charge is 0.193 e. The molecular weight excluding hydrogens is 311 g/mol. The third kappa shape index (κ3) is 2.50. The standard InChI is InChI=1S/C14H11IO/c1-10-3-2-4-12(9-10)14(16)11-5-7-13(15)8-6-11/h2-9H,1H3. The summed E-state index contributed by atoms with van der Waals surface area (Å²) in [6.45, 7) is 1.99. The first kappa shape index (κ1) is 11.3. The monoisotopic (exact) mass is 322 g/mol. The molecule has 0 aliphatic carbocycles. The minimum absolute atomic E-state index is 0.0834. The zero-order valence-corrected chi connectivity index (χ0v) is 11.1. The van der Waals surface area contributed by atoms with Gasteiger partial charge in [0.15, 0.2) is 5.78 Å². The molecule has 0 spiro atoms. The molecule has 0 aliphatic heterocycles. The Morgan fingerprint density at radius 3 is 2.31 bits per heavy atom. The van der Waals surface area contributed by atoms with Gasteiger partial charge in [0.05, 0.1) is 0 Å². The molecule has 16 heavy (non-hydrogen) atoms. The molecule has 0 N–H and O–H groups in total. The molecule has 0 heterocycles. The molecule has 0 amide bonds. The average Bonchev–Trinajstić information content (AvgIpc) is 2.29. The number of aryl methyl sites for hydroxylation is 1. The molecule has 80 valence electrons. The predicted molar refractivity (Wildman–Crippen MR) is 73.8 cm³/mol. The third-order valence-corrected chi connectivity index (χ3v) is 3.11. The van der Waals surface area contributed by atoms with Crippen LogP contribution in [-0.4, -0.2) is 5.78 Å². The number of hydrogen-bond acceptors (Lipinski definition) is 1. The first-order chi connectivity index (χ1) is 7.66. The van der Waals surface area contributed by atoms with E-state index in [0.29, 0.717) is 0 Å². The summed E-state index contributed by atoms with van der Waals surface area (Å²) in [6, 6.07) is 15.3. The third-order valence-electron chi connectivity index (χ3n) is 2.39. The second-order valence-corrected chi connectivity index (χ2v) is 4.95.